The average molecular weight is 343 g/mol. The summed E-state index contributed by atoms with van der Waals surface area (Å²) >= 11 is 3.56. The molecule has 0 saturated heterocycles. The van der Waals surface area contributed by atoms with E-state index in [2.05, 4.69) is 38.9 Å². The lowest BCUT2D eigenvalue weighted by Gasteiger charge is -2.09. The van der Waals surface area contributed by atoms with Crippen LogP contribution >= 0.6 is 15.9 Å². The Morgan fingerprint density at radius 3 is 2.86 bits per heavy atom. The van der Waals surface area contributed by atoms with Crippen LogP contribution in [0.15, 0.2) is 47.2 Å². The summed E-state index contributed by atoms with van der Waals surface area (Å²) < 4.78 is 1.11. The van der Waals surface area contributed by atoms with Crippen LogP contribution in [-0.2, 0) is 13.0 Å². The minimum absolute atomic E-state index is 0.00529. The third-order valence-corrected chi connectivity index (χ3v) is 4.51. The molecular formula is C17H15BrN2O. The van der Waals surface area contributed by atoms with Gasteiger partial charge in [0.2, 0.25) is 0 Å². The predicted molar refractivity (Wildman–Crippen MR) is 87.1 cm³/mol. The Hall–Kier alpha value is -1.78. The molecular weight excluding hydrogens is 328 g/mol. The fourth-order valence-electron chi connectivity index (χ4n) is 2.40. The molecule has 3 nitrogen and oxygen atoms in total. The van der Waals surface area contributed by atoms with Crippen LogP contribution in [0.2, 0.25) is 0 Å². The van der Waals surface area contributed by atoms with E-state index in [-0.39, 0.29) is 6.61 Å². The van der Waals surface area contributed by atoms with Gasteiger partial charge in [-0.3, -0.25) is 9.97 Å². The monoisotopic (exact) mass is 342 g/mol. The average Bonchev–Trinajstić information content (AvgIpc) is 2.51. The van der Waals surface area contributed by atoms with E-state index in [0.29, 0.717) is 0 Å². The zero-order valence-corrected chi connectivity index (χ0v) is 13.3. The van der Waals surface area contributed by atoms with Gasteiger partial charge in [-0.15, -0.1) is 0 Å². The molecule has 0 saturated carbocycles. The summed E-state index contributed by atoms with van der Waals surface area (Å²) in [5, 5.41) is 10.2. The maximum atomic E-state index is 9.21. The standard InChI is InChI=1S/C17H15BrN2O/c1-11-13(3-2-4-15(11)18)8-16-17-14(5-6-19-16)7-12(10-21)9-20-17/h2-7,9,21H,8,10H2,1H3. The highest BCUT2D eigenvalue weighted by Crippen LogP contribution is 2.24. The number of hydrogen-bond donors (Lipinski definition) is 1. The summed E-state index contributed by atoms with van der Waals surface area (Å²) in [5.41, 5.74) is 5.13. The summed E-state index contributed by atoms with van der Waals surface area (Å²) in [4.78, 5) is 8.95. The first-order valence-corrected chi connectivity index (χ1v) is 7.55. The van der Waals surface area contributed by atoms with E-state index in [1.807, 2.05) is 24.3 Å². The molecule has 0 amide bonds. The molecule has 0 aliphatic rings. The van der Waals surface area contributed by atoms with Gasteiger partial charge >= 0.3 is 0 Å². The zero-order chi connectivity index (χ0) is 14.8. The van der Waals surface area contributed by atoms with Crippen LogP contribution < -0.4 is 0 Å². The smallest absolute Gasteiger partial charge is 0.0920 e. The van der Waals surface area contributed by atoms with Crippen LogP contribution in [0.1, 0.15) is 22.4 Å². The van der Waals surface area contributed by atoms with E-state index >= 15 is 0 Å². The van der Waals surface area contributed by atoms with Gasteiger partial charge in [0.05, 0.1) is 17.8 Å². The van der Waals surface area contributed by atoms with Gasteiger partial charge in [-0.1, -0.05) is 28.1 Å². The Morgan fingerprint density at radius 1 is 1.19 bits per heavy atom. The van der Waals surface area contributed by atoms with Crippen molar-refractivity contribution >= 4 is 26.8 Å². The number of aromatic nitrogens is 2. The van der Waals surface area contributed by atoms with Gasteiger partial charge in [0, 0.05) is 28.7 Å². The lowest BCUT2D eigenvalue weighted by Crippen LogP contribution is -1.98. The maximum absolute atomic E-state index is 9.21. The minimum atomic E-state index is 0.00529. The Bertz CT molecular complexity index is 802. The first-order chi connectivity index (χ1) is 10.2. The number of rotatable bonds is 3. The van der Waals surface area contributed by atoms with Crippen molar-refractivity contribution in [3.05, 3.63) is 69.6 Å². The van der Waals surface area contributed by atoms with E-state index in [0.717, 1.165) is 33.1 Å². The van der Waals surface area contributed by atoms with Gasteiger partial charge in [-0.25, -0.2) is 0 Å². The summed E-state index contributed by atoms with van der Waals surface area (Å²) in [6.45, 7) is 2.10. The minimum Gasteiger partial charge on any atom is -0.392 e. The van der Waals surface area contributed by atoms with Crippen LogP contribution in [0.25, 0.3) is 10.9 Å². The van der Waals surface area contributed by atoms with Gasteiger partial charge in [0.1, 0.15) is 0 Å². The molecule has 1 N–H and O–H groups in total. The van der Waals surface area contributed by atoms with Crippen LogP contribution in [0.4, 0.5) is 0 Å². The first kappa shape index (κ1) is 14.2. The number of benzene rings is 1. The lowest BCUT2D eigenvalue weighted by molar-refractivity contribution is 0.281. The molecule has 2 aromatic heterocycles. The van der Waals surface area contributed by atoms with E-state index in [1.165, 1.54) is 11.1 Å². The fraction of sp³-hybridized carbons (Fsp3) is 0.176. The molecule has 0 bridgehead atoms. The Labute approximate surface area is 131 Å². The molecule has 21 heavy (non-hydrogen) atoms. The van der Waals surface area contributed by atoms with Gasteiger partial charge < -0.3 is 5.11 Å². The molecule has 0 unspecified atom stereocenters. The van der Waals surface area contributed by atoms with Crippen molar-refractivity contribution in [3.8, 4) is 0 Å². The van der Waals surface area contributed by atoms with Crippen LogP contribution in [-0.4, -0.2) is 15.1 Å². The van der Waals surface area contributed by atoms with Gasteiger partial charge in [-0.05, 0) is 41.8 Å². The second kappa shape index (κ2) is 5.92. The number of hydrogen-bond acceptors (Lipinski definition) is 3. The molecule has 0 radical (unpaired) electrons. The molecule has 0 atom stereocenters. The predicted octanol–water partition coefficient (Wildman–Crippen LogP) is 3.78. The van der Waals surface area contributed by atoms with E-state index in [9.17, 15) is 5.11 Å². The van der Waals surface area contributed by atoms with Crippen molar-refractivity contribution in [2.75, 3.05) is 0 Å². The zero-order valence-electron chi connectivity index (χ0n) is 11.7. The Balaban J connectivity index is 2.06. The highest BCUT2D eigenvalue weighted by atomic mass is 79.9. The Kier molecular flexibility index (Phi) is 3.99. The van der Waals surface area contributed by atoms with Crippen molar-refractivity contribution in [1.82, 2.24) is 9.97 Å². The largest absolute Gasteiger partial charge is 0.392 e. The van der Waals surface area contributed by atoms with Crippen molar-refractivity contribution < 1.29 is 5.11 Å². The molecule has 1 aromatic carbocycles. The van der Waals surface area contributed by atoms with Gasteiger partial charge in [0.25, 0.3) is 0 Å². The second-order valence-electron chi connectivity index (χ2n) is 5.03. The van der Waals surface area contributed by atoms with Crippen molar-refractivity contribution in [2.45, 2.75) is 20.0 Å². The van der Waals surface area contributed by atoms with E-state index < -0.39 is 0 Å². The molecule has 2 heterocycles. The number of nitrogens with zero attached hydrogens (tertiary/aromatic N) is 2. The lowest BCUT2D eigenvalue weighted by atomic mass is 10.0. The molecule has 0 aliphatic heterocycles. The van der Waals surface area contributed by atoms with Crippen LogP contribution in [0.3, 0.4) is 0 Å². The topological polar surface area (TPSA) is 46.0 Å². The Morgan fingerprint density at radius 2 is 2.05 bits per heavy atom. The van der Waals surface area contributed by atoms with Gasteiger partial charge in [-0.2, -0.15) is 0 Å². The molecule has 0 spiro atoms. The number of halogens is 1. The third kappa shape index (κ3) is 2.82. The van der Waals surface area contributed by atoms with E-state index in [1.54, 1.807) is 12.4 Å². The number of aliphatic hydroxyl groups is 1. The quantitative estimate of drug-likeness (QED) is 0.787. The highest BCUT2D eigenvalue weighted by Gasteiger charge is 2.09. The molecule has 3 aromatic rings. The summed E-state index contributed by atoms with van der Waals surface area (Å²) in [7, 11) is 0. The normalized spacial score (nSPS) is 11.0. The first-order valence-electron chi connectivity index (χ1n) is 6.76. The van der Waals surface area contributed by atoms with E-state index in [4.69, 9.17) is 0 Å². The SMILES string of the molecule is Cc1c(Br)cccc1Cc1nccc2cc(CO)cnc12. The molecule has 0 fully saturated rings. The molecule has 0 aliphatic carbocycles. The van der Waals surface area contributed by atoms with Gasteiger partial charge in [0.15, 0.2) is 0 Å². The second-order valence-corrected chi connectivity index (χ2v) is 5.89. The van der Waals surface area contributed by atoms with Crippen molar-refractivity contribution in [2.24, 2.45) is 0 Å². The number of aliphatic hydroxyl groups excluding tert-OH is 1. The van der Waals surface area contributed by atoms with Crippen molar-refractivity contribution in [3.63, 3.8) is 0 Å². The summed E-state index contributed by atoms with van der Waals surface area (Å²) in [6, 6.07) is 10.1. The molecule has 106 valence electrons. The fourth-order valence-corrected chi connectivity index (χ4v) is 2.81. The third-order valence-electron chi connectivity index (χ3n) is 3.65. The number of fused-ring (bicyclic) bond motifs is 1. The van der Waals surface area contributed by atoms with Crippen LogP contribution in [0, 0.1) is 6.92 Å². The van der Waals surface area contributed by atoms with Crippen molar-refractivity contribution in [1.29, 1.82) is 0 Å². The molecule has 4 heteroatoms. The number of pyridine rings is 2. The van der Waals surface area contributed by atoms with Crippen LogP contribution in [0.5, 0.6) is 0 Å². The maximum Gasteiger partial charge on any atom is 0.0920 e. The highest BCUT2D eigenvalue weighted by molar-refractivity contribution is 9.10. The molecule has 3 rings (SSSR count). The summed E-state index contributed by atoms with van der Waals surface area (Å²) in [5.74, 6) is 0. The summed E-state index contributed by atoms with van der Waals surface area (Å²) in [6.07, 6.45) is 4.25.